The first-order chi connectivity index (χ1) is 14.7. The number of hydrogen-bond donors (Lipinski definition) is 2. The molecule has 1 aliphatic carbocycles. The van der Waals surface area contributed by atoms with Crippen molar-refractivity contribution in [1.29, 1.82) is 0 Å². The van der Waals surface area contributed by atoms with Crippen LogP contribution in [0.5, 0.6) is 0 Å². The minimum Gasteiger partial charge on any atom is -0.392 e. The Morgan fingerprint density at radius 1 is 1.29 bits per heavy atom. The van der Waals surface area contributed by atoms with Crippen LogP contribution in [-0.2, 0) is 0 Å². The van der Waals surface area contributed by atoms with Crippen molar-refractivity contribution in [3.63, 3.8) is 0 Å². The Morgan fingerprint density at radius 2 is 2.03 bits per heavy atom. The number of aromatic nitrogens is 2. The molecule has 2 heterocycles. The number of nitrogens with zero attached hydrogens (tertiary/aromatic N) is 3. The van der Waals surface area contributed by atoms with E-state index in [0.29, 0.717) is 11.1 Å². The van der Waals surface area contributed by atoms with E-state index in [1.54, 1.807) is 11.8 Å². The summed E-state index contributed by atoms with van der Waals surface area (Å²) in [6, 6.07) is 0. The molecule has 0 amide bonds. The maximum atomic E-state index is 6.14. The van der Waals surface area contributed by atoms with Gasteiger partial charge >= 0.3 is 17.8 Å². The fourth-order valence-electron chi connectivity index (χ4n) is 4.86. The largest absolute Gasteiger partial charge is 0.392 e. The number of nitrogens with one attached hydrogen (secondary N) is 1. The maximum Gasteiger partial charge on any atom is 0.337 e. The van der Waals surface area contributed by atoms with Gasteiger partial charge in [0.2, 0.25) is 0 Å². The number of rotatable bonds is 8. The molecule has 3 rings (SSSR count). The highest BCUT2D eigenvalue weighted by atomic mass is 15.3. The van der Waals surface area contributed by atoms with Gasteiger partial charge in [0, 0.05) is 0 Å². The molecule has 31 heavy (non-hydrogen) atoms. The van der Waals surface area contributed by atoms with E-state index in [-0.39, 0.29) is 0 Å². The molecule has 1 aromatic heterocycles. The summed E-state index contributed by atoms with van der Waals surface area (Å²) in [7, 11) is 2.06. The lowest BCUT2D eigenvalue weighted by Crippen LogP contribution is -3.02. The van der Waals surface area contributed by atoms with Crippen molar-refractivity contribution in [3.05, 3.63) is 41.1 Å². The van der Waals surface area contributed by atoms with Crippen molar-refractivity contribution in [2.24, 2.45) is 11.3 Å². The highest BCUT2D eigenvalue weighted by Gasteiger charge is 2.35. The van der Waals surface area contributed by atoms with Gasteiger partial charge in [0.25, 0.3) is 0 Å². The molecule has 2 aliphatic rings. The predicted octanol–water partition coefficient (Wildman–Crippen LogP) is 4.73. The molecule has 3 unspecified atom stereocenters. The number of anilines is 1. The minimum absolute atomic E-state index is 0.368. The van der Waals surface area contributed by atoms with Crippen molar-refractivity contribution < 1.29 is 9.48 Å². The van der Waals surface area contributed by atoms with Gasteiger partial charge in [0.05, 0.1) is 13.2 Å². The second-order valence-corrected chi connectivity index (χ2v) is 9.88. The van der Waals surface area contributed by atoms with Crippen molar-refractivity contribution in [1.82, 2.24) is 10.2 Å². The Kier molecular flexibility index (Phi) is 7.47. The van der Waals surface area contributed by atoms with Crippen LogP contribution in [0.1, 0.15) is 73.1 Å². The van der Waals surface area contributed by atoms with Crippen molar-refractivity contribution in [3.8, 4) is 0 Å². The summed E-state index contributed by atoms with van der Waals surface area (Å²) in [4.78, 5) is 1.12. The first kappa shape index (κ1) is 23.4. The van der Waals surface area contributed by atoms with Crippen LogP contribution in [0.2, 0.25) is 0 Å². The van der Waals surface area contributed by atoms with Crippen LogP contribution in [0.3, 0.4) is 0 Å². The van der Waals surface area contributed by atoms with Gasteiger partial charge in [0.1, 0.15) is 5.69 Å². The molecule has 1 aromatic rings. The van der Waals surface area contributed by atoms with Gasteiger partial charge in [-0.25, -0.2) is 4.90 Å². The minimum atomic E-state index is 0.368. The summed E-state index contributed by atoms with van der Waals surface area (Å²) in [5.74, 6) is 1.68. The summed E-state index contributed by atoms with van der Waals surface area (Å²) in [6.07, 6.45) is 18.2. The molecule has 168 valence electrons. The first-order valence-corrected chi connectivity index (χ1v) is 11.8. The molecule has 0 bridgehead atoms. The topological polar surface area (TPSA) is 59.2 Å². The van der Waals surface area contributed by atoms with Crippen molar-refractivity contribution in [2.75, 3.05) is 19.3 Å². The quantitative estimate of drug-likeness (QED) is 0.469. The molecule has 5 heteroatoms. The zero-order valence-electron chi connectivity index (χ0n) is 20.3. The van der Waals surface area contributed by atoms with Gasteiger partial charge in [-0.05, 0) is 76.7 Å². The predicted molar refractivity (Wildman–Crippen MR) is 130 cm³/mol. The fraction of sp³-hybridized carbons (Fsp3) is 0.577. The van der Waals surface area contributed by atoms with Crippen LogP contribution in [0.25, 0.3) is 0 Å². The van der Waals surface area contributed by atoms with Gasteiger partial charge in [-0.15, -0.1) is 4.58 Å². The lowest BCUT2D eigenvalue weighted by atomic mass is 9.65. The van der Waals surface area contributed by atoms with E-state index in [2.05, 4.69) is 81.0 Å². The third-order valence-electron chi connectivity index (χ3n) is 7.61. The molecule has 3 atom stereocenters. The van der Waals surface area contributed by atoms with E-state index in [1.807, 2.05) is 0 Å². The van der Waals surface area contributed by atoms with Crippen molar-refractivity contribution in [2.45, 2.75) is 73.1 Å². The molecule has 0 fully saturated rings. The standard InChI is InChI=1S/C26H40N5/c1-19(13-15-26(5)21(3)11-8-12-22(26)4)9-7-10-20(2)14-16-31-18-30(6)25-24(31)23(27)17-28-29-25/h9,11,14,17-18,22H,7-8,10,12-13,15-16H2,1-6H3,(H2,27,29)/q+1/p+1. The van der Waals surface area contributed by atoms with Crippen LogP contribution in [0.4, 0.5) is 17.2 Å². The number of nitrogen functional groups attached to an aromatic ring is 1. The number of hydrogen-bond acceptors (Lipinski definition) is 3. The van der Waals surface area contributed by atoms with E-state index in [0.717, 1.165) is 41.7 Å². The average Bonchev–Trinajstić information content (AvgIpc) is 3.06. The molecule has 0 spiro atoms. The Bertz CT molecular complexity index is 924. The highest BCUT2D eigenvalue weighted by Crippen LogP contribution is 2.45. The normalized spacial score (nSPS) is 26.5. The maximum absolute atomic E-state index is 6.14. The SMILES string of the molecule is CC(=CC[N+]1=C[NH+](C)c2nncc(N)c21)CCC=C(C)CCC1(C)C(C)=CCCC1C. The van der Waals surface area contributed by atoms with E-state index in [1.165, 1.54) is 36.8 Å². The molecule has 0 saturated heterocycles. The fourth-order valence-corrected chi connectivity index (χ4v) is 4.86. The zero-order chi connectivity index (χ0) is 22.6. The monoisotopic (exact) mass is 423 g/mol. The Balaban J connectivity index is 1.50. The van der Waals surface area contributed by atoms with Crippen LogP contribution in [0, 0.1) is 11.3 Å². The molecule has 3 N–H and O–H groups in total. The Labute approximate surface area is 188 Å². The second kappa shape index (κ2) is 9.90. The summed E-state index contributed by atoms with van der Waals surface area (Å²) < 4.78 is 2.18. The smallest absolute Gasteiger partial charge is 0.337 e. The van der Waals surface area contributed by atoms with Crippen LogP contribution in [0.15, 0.2) is 41.1 Å². The Hall–Kier alpha value is -2.27. The molecule has 5 nitrogen and oxygen atoms in total. The van der Waals surface area contributed by atoms with E-state index >= 15 is 0 Å². The van der Waals surface area contributed by atoms with Crippen molar-refractivity contribution >= 4 is 23.5 Å². The van der Waals surface area contributed by atoms with Gasteiger partial charge in [-0.2, -0.15) is 5.10 Å². The molecule has 0 saturated carbocycles. The third-order valence-corrected chi connectivity index (χ3v) is 7.61. The molecule has 1 aliphatic heterocycles. The van der Waals surface area contributed by atoms with Gasteiger partial charge in [-0.1, -0.05) is 47.8 Å². The summed E-state index contributed by atoms with van der Waals surface area (Å²) in [5, 5.41) is 8.22. The zero-order valence-corrected chi connectivity index (χ0v) is 20.3. The van der Waals surface area contributed by atoms with Gasteiger partial charge in [0.15, 0.2) is 6.54 Å². The molecular formula is C26H41N5+2. The molecular weight excluding hydrogens is 382 g/mol. The number of nitrogens with two attached hydrogens (primary N) is 1. The third kappa shape index (κ3) is 5.32. The van der Waals surface area contributed by atoms with E-state index in [4.69, 9.17) is 5.73 Å². The van der Waals surface area contributed by atoms with Crippen LogP contribution >= 0.6 is 0 Å². The van der Waals surface area contributed by atoms with E-state index < -0.39 is 0 Å². The summed E-state index contributed by atoms with van der Waals surface area (Å²) in [5.41, 5.74) is 12.7. The van der Waals surface area contributed by atoms with Crippen LogP contribution in [-0.4, -0.2) is 34.7 Å². The lowest BCUT2D eigenvalue weighted by Gasteiger charge is -2.40. The van der Waals surface area contributed by atoms with Gasteiger partial charge < -0.3 is 5.73 Å². The second-order valence-electron chi connectivity index (χ2n) is 9.88. The number of allylic oxidation sites excluding steroid dienone is 5. The average molecular weight is 424 g/mol. The number of fused-ring (bicyclic) bond motifs is 1. The molecule has 0 radical (unpaired) electrons. The van der Waals surface area contributed by atoms with Gasteiger partial charge in [-0.3, -0.25) is 0 Å². The highest BCUT2D eigenvalue weighted by molar-refractivity contribution is 5.70. The number of quaternary nitrogens is 1. The summed E-state index contributed by atoms with van der Waals surface area (Å²) in [6.45, 7) is 12.6. The molecule has 0 aromatic carbocycles. The van der Waals surface area contributed by atoms with E-state index in [9.17, 15) is 0 Å². The summed E-state index contributed by atoms with van der Waals surface area (Å²) >= 11 is 0. The first-order valence-electron chi connectivity index (χ1n) is 11.8. The lowest BCUT2D eigenvalue weighted by molar-refractivity contribution is -0.711. The van der Waals surface area contributed by atoms with Crippen LogP contribution < -0.4 is 10.6 Å². The Morgan fingerprint density at radius 3 is 2.77 bits per heavy atom.